The molecular weight excluding hydrogens is 368 g/mol. The van der Waals surface area contributed by atoms with E-state index in [1.54, 1.807) is 14.2 Å². The molecule has 0 saturated heterocycles. The SMILES string of the molecule is COc1cc2c(cc1OC)[C@H](C)[NH+](CC(=O)c1c(C)[nH]c3ccccc13)CC2.[OH-]. The molecule has 1 unspecified atom stereocenters. The van der Waals surface area contributed by atoms with Gasteiger partial charge in [-0.1, -0.05) is 18.2 Å². The van der Waals surface area contributed by atoms with Crippen LogP contribution in [0.25, 0.3) is 10.9 Å². The Morgan fingerprint density at radius 2 is 1.86 bits per heavy atom. The summed E-state index contributed by atoms with van der Waals surface area (Å²) in [6.07, 6.45) is 0.926. The second-order valence-electron chi connectivity index (χ2n) is 7.56. The van der Waals surface area contributed by atoms with E-state index in [2.05, 4.69) is 24.0 Å². The van der Waals surface area contributed by atoms with E-state index in [-0.39, 0.29) is 17.3 Å². The van der Waals surface area contributed by atoms with Gasteiger partial charge in [0.05, 0.1) is 26.3 Å². The predicted octanol–water partition coefficient (Wildman–Crippen LogP) is 2.70. The summed E-state index contributed by atoms with van der Waals surface area (Å²) in [5.74, 6) is 1.70. The lowest BCUT2D eigenvalue weighted by atomic mass is 9.92. The van der Waals surface area contributed by atoms with Gasteiger partial charge in [-0.15, -0.1) is 0 Å². The van der Waals surface area contributed by atoms with Crippen LogP contribution >= 0.6 is 0 Å². The molecular formula is C23H28N2O4. The number of carbonyl (C=O) groups excluding carboxylic acids is 1. The van der Waals surface area contributed by atoms with Crippen LogP contribution < -0.4 is 14.4 Å². The van der Waals surface area contributed by atoms with Gasteiger partial charge in [0.25, 0.3) is 0 Å². The summed E-state index contributed by atoms with van der Waals surface area (Å²) in [6.45, 7) is 5.58. The lowest BCUT2D eigenvalue weighted by molar-refractivity contribution is -0.923. The van der Waals surface area contributed by atoms with Crippen LogP contribution in [0.4, 0.5) is 0 Å². The third-order valence-corrected chi connectivity index (χ3v) is 6.00. The van der Waals surface area contributed by atoms with E-state index in [9.17, 15) is 4.79 Å². The van der Waals surface area contributed by atoms with Crippen LogP contribution in [0.2, 0.25) is 0 Å². The van der Waals surface area contributed by atoms with E-state index in [0.29, 0.717) is 6.54 Å². The van der Waals surface area contributed by atoms with Crippen LogP contribution in [0.1, 0.15) is 40.1 Å². The first-order valence-electron chi connectivity index (χ1n) is 9.73. The van der Waals surface area contributed by atoms with Gasteiger partial charge in [0.15, 0.2) is 11.5 Å². The third-order valence-electron chi connectivity index (χ3n) is 6.00. The predicted molar refractivity (Wildman–Crippen MR) is 112 cm³/mol. The fourth-order valence-electron chi connectivity index (χ4n) is 4.46. The number of H-pyrrole nitrogens is 1. The van der Waals surface area contributed by atoms with Gasteiger partial charge in [0.1, 0.15) is 12.6 Å². The second kappa shape index (κ2) is 8.27. The number of para-hydroxylation sites is 1. The Morgan fingerprint density at radius 1 is 1.17 bits per heavy atom. The molecule has 2 atom stereocenters. The van der Waals surface area contributed by atoms with E-state index in [1.807, 2.05) is 31.2 Å². The van der Waals surface area contributed by atoms with E-state index in [1.165, 1.54) is 16.0 Å². The average molecular weight is 396 g/mol. The van der Waals surface area contributed by atoms with Gasteiger partial charge in [-0.2, -0.15) is 0 Å². The topological polar surface area (TPSA) is 85.8 Å². The minimum atomic E-state index is 0. The Kier molecular flexibility index (Phi) is 5.96. The summed E-state index contributed by atoms with van der Waals surface area (Å²) in [5, 5.41) is 1.01. The van der Waals surface area contributed by atoms with Gasteiger partial charge in [-0.05, 0) is 37.6 Å². The number of hydrogen-bond acceptors (Lipinski definition) is 4. The molecule has 1 aliphatic rings. The van der Waals surface area contributed by atoms with Crippen LogP contribution in [0.15, 0.2) is 36.4 Å². The Bertz CT molecular complexity index is 1040. The summed E-state index contributed by atoms with van der Waals surface area (Å²) in [5.41, 5.74) is 5.31. The highest BCUT2D eigenvalue weighted by molar-refractivity contribution is 6.09. The van der Waals surface area contributed by atoms with Crippen LogP contribution in [0.5, 0.6) is 11.5 Å². The van der Waals surface area contributed by atoms with Gasteiger partial charge in [0.2, 0.25) is 5.78 Å². The van der Waals surface area contributed by atoms with Crippen molar-refractivity contribution < 1.29 is 24.6 Å². The monoisotopic (exact) mass is 396 g/mol. The van der Waals surface area contributed by atoms with Gasteiger partial charge in [-0.25, -0.2) is 0 Å². The fourth-order valence-corrected chi connectivity index (χ4v) is 4.46. The Labute approximate surface area is 170 Å². The molecule has 1 aliphatic heterocycles. The average Bonchev–Trinajstić information content (AvgIpc) is 3.05. The largest absolute Gasteiger partial charge is 0.870 e. The van der Waals surface area contributed by atoms with Crippen LogP contribution in [-0.4, -0.2) is 43.6 Å². The minimum absolute atomic E-state index is 0. The number of benzene rings is 2. The van der Waals surface area contributed by atoms with Crippen molar-refractivity contribution in [3.05, 3.63) is 58.8 Å². The highest BCUT2D eigenvalue weighted by atomic mass is 16.5. The van der Waals surface area contributed by atoms with Crippen molar-refractivity contribution in [2.75, 3.05) is 27.3 Å². The Hall–Kier alpha value is -2.83. The number of rotatable bonds is 5. The number of quaternary nitrogens is 1. The van der Waals surface area contributed by atoms with E-state index in [4.69, 9.17) is 9.47 Å². The first-order chi connectivity index (χ1) is 13.5. The van der Waals surface area contributed by atoms with Crippen molar-refractivity contribution in [3.8, 4) is 11.5 Å². The number of aromatic nitrogens is 1. The first-order valence-corrected chi connectivity index (χ1v) is 9.73. The minimum Gasteiger partial charge on any atom is -0.870 e. The first kappa shape index (κ1) is 20.9. The molecule has 1 aromatic heterocycles. The summed E-state index contributed by atoms with van der Waals surface area (Å²) < 4.78 is 10.9. The molecule has 0 aliphatic carbocycles. The molecule has 2 heterocycles. The number of methoxy groups -OCH3 is 2. The lowest BCUT2D eigenvalue weighted by Crippen LogP contribution is -3.13. The summed E-state index contributed by atoms with van der Waals surface area (Å²) in [4.78, 5) is 17.8. The Balaban J connectivity index is 0.00000240. The molecule has 3 aromatic rings. The molecule has 0 fully saturated rings. The molecule has 0 saturated carbocycles. The summed E-state index contributed by atoms with van der Waals surface area (Å²) >= 11 is 0. The zero-order chi connectivity index (χ0) is 19.8. The number of Topliss-reactive ketones (excluding diaryl/α,β-unsaturated/α-hetero) is 1. The van der Waals surface area contributed by atoms with Crippen molar-refractivity contribution in [3.63, 3.8) is 0 Å². The van der Waals surface area contributed by atoms with Crippen molar-refractivity contribution >= 4 is 16.7 Å². The zero-order valence-electron chi connectivity index (χ0n) is 17.3. The van der Waals surface area contributed by atoms with Gasteiger partial charge < -0.3 is 24.8 Å². The molecule has 154 valence electrons. The molecule has 4 rings (SSSR count). The smallest absolute Gasteiger partial charge is 0.219 e. The van der Waals surface area contributed by atoms with Crippen molar-refractivity contribution in [2.24, 2.45) is 0 Å². The maximum Gasteiger partial charge on any atom is 0.219 e. The van der Waals surface area contributed by atoms with Crippen LogP contribution in [0, 0.1) is 6.92 Å². The number of nitrogens with one attached hydrogen (secondary N) is 2. The normalized spacial score (nSPS) is 18.1. The zero-order valence-corrected chi connectivity index (χ0v) is 17.3. The number of aryl methyl sites for hydroxylation is 1. The second-order valence-corrected chi connectivity index (χ2v) is 7.56. The molecule has 6 heteroatoms. The van der Waals surface area contributed by atoms with Crippen LogP contribution in [-0.2, 0) is 6.42 Å². The molecule has 0 amide bonds. The van der Waals surface area contributed by atoms with E-state index in [0.717, 1.165) is 46.6 Å². The Morgan fingerprint density at radius 3 is 2.59 bits per heavy atom. The number of ketones is 1. The van der Waals surface area contributed by atoms with Crippen molar-refractivity contribution in [1.82, 2.24) is 4.98 Å². The number of ether oxygens (including phenoxy) is 2. The van der Waals surface area contributed by atoms with E-state index < -0.39 is 0 Å². The molecule has 29 heavy (non-hydrogen) atoms. The van der Waals surface area contributed by atoms with Gasteiger partial charge >= 0.3 is 0 Å². The molecule has 2 aromatic carbocycles. The van der Waals surface area contributed by atoms with Crippen molar-refractivity contribution in [2.45, 2.75) is 26.3 Å². The van der Waals surface area contributed by atoms with Crippen LogP contribution in [0.3, 0.4) is 0 Å². The highest BCUT2D eigenvalue weighted by Crippen LogP contribution is 2.34. The third kappa shape index (κ3) is 3.61. The number of carbonyl (C=O) groups is 1. The molecule has 0 radical (unpaired) electrons. The van der Waals surface area contributed by atoms with E-state index >= 15 is 0 Å². The molecule has 3 N–H and O–H groups in total. The highest BCUT2D eigenvalue weighted by Gasteiger charge is 2.31. The maximum atomic E-state index is 13.2. The number of aromatic amines is 1. The number of fused-ring (bicyclic) bond motifs is 2. The van der Waals surface area contributed by atoms with Gasteiger partial charge in [0, 0.05) is 28.6 Å². The standard InChI is InChI=1S/C23H26N2O3.H2O/c1-14-23(17-7-5-6-8-19(17)24-14)20(26)13-25-10-9-16-11-21(27-3)22(28-4)12-18(16)15(25)2;/h5-8,11-12,15,24H,9-10,13H2,1-4H3;1H2/t15-;/m0./s1. The fraction of sp³-hybridized carbons (Fsp3) is 0.348. The lowest BCUT2D eigenvalue weighted by Gasteiger charge is -2.32. The molecule has 6 nitrogen and oxygen atoms in total. The summed E-state index contributed by atoms with van der Waals surface area (Å²) in [7, 11) is 3.32. The maximum absolute atomic E-state index is 13.2. The molecule has 0 bridgehead atoms. The quantitative estimate of drug-likeness (QED) is 0.650. The number of hydrogen-bond donors (Lipinski definition) is 2. The van der Waals surface area contributed by atoms with Gasteiger partial charge in [-0.3, -0.25) is 4.79 Å². The molecule has 0 spiro atoms. The van der Waals surface area contributed by atoms with Crippen molar-refractivity contribution in [1.29, 1.82) is 0 Å². The summed E-state index contributed by atoms with van der Waals surface area (Å²) in [6, 6.07) is 12.4.